The van der Waals surface area contributed by atoms with Crippen molar-refractivity contribution in [1.82, 2.24) is 14.0 Å². The van der Waals surface area contributed by atoms with Crippen molar-refractivity contribution in [3.05, 3.63) is 86.0 Å². The number of thiophene rings is 1. The van der Waals surface area contributed by atoms with E-state index in [9.17, 15) is 14.4 Å². The molecule has 0 unspecified atom stereocenters. The minimum absolute atomic E-state index is 0.0191. The summed E-state index contributed by atoms with van der Waals surface area (Å²) in [5, 5.41) is 5.03. The highest BCUT2D eigenvalue weighted by Crippen LogP contribution is 2.27. The SMILES string of the molecule is CCn1c(=O)n(CCC(=O)Nc2cccc(C(=O)N3CCc4sccc4C3)c2C)c2ccccc21. The van der Waals surface area contributed by atoms with Crippen molar-refractivity contribution in [3.8, 4) is 0 Å². The lowest BCUT2D eigenvalue weighted by atomic mass is 10.0. The third kappa shape index (κ3) is 4.30. The van der Waals surface area contributed by atoms with Gasteiger partial charge in [-0.2, -0.15) is 0 Å². The summed E-state index contributed by atoms with van der Waals surface area (Å²) in [4.78, 5) is 42.1. The first kappa shape index (κ1) is 23.1. The number of imidazole rings is 1. The monoisotopic (exact) mass is 488 g/mol. The standard InChI is InChI=1S/C27H28N4O3S/c1-3-30-22-9-4-5-10-23(22)31(27(30)34)15-12-25(32)28-21-8-6-7-20(18(21)2)26(33)29-14-11-24-19(17-29)13-16-35-24/h4-10,13,16H,3,11-12,14-15,17H2,1-2H3,(H,28,32). The molecule has 2 aromatic carbocycles. The summed E-state index contributed by atoms with van der Waals surface area (Å²) in [5.41, 5.74) is 4.78. The van der Waals surface area contributed by atoms with Gasteiger partial charge in [0, 0.05) is 48.7 Å². The van der Waals surface area contributed by atoms with E-state index in [2.05, 4.69) is 16.8 Å². The van der Waals surface area contributed by atoms with Crippen LogP contribution in [0.3, 0.4) is 0 Å². The molecule has 35 heavy (non-hydrogen) atoms. The van der Waals surface area contributed by atoms with Gasteiger partial charge < -0.3 is 10.2 Å². The molecule has 1 N–H and O–H groups in total. The number of rotatable bonds is 6. The van der Waals surface area contributed by atoms with Crippen LogP contribution in [0.5, 0.6) is 0 Å². The molecule has 0 aliphatic carbocycles. The van der Waals surface area contributed by atoms with Crippen molar-refractivity contribution in [3.63, 3.8) is 0 Å². The lowest BCUT2D eigenvalue weighted by Crippen LogP contribution is -2.35. The van der Waals surface area contributed by atoms with Crippen molar-refractivity contribution < 1.29 is 9.59 Å². The minimum Gasteiger partial charge on any atom is -0.334 e. The molecule has 1 aliphatic heterocycles. The number of nitrogens with zero attached hydrogens (tertiary/aromatic N) is 3. The molecule has 0 atom stereocenters. The number of benzene rings is 2. The topological polar surface area (TPSA) is 76.3 Å². The van der Waals surface area contributed by atoms with Crippen molar-refractivity contribution in [2.75, 3.05) is 11.9 Å². The van der Waals surface area contributed by atoms with E-state index in [4.69, 9.17) is 0 Å². The Kier molecular flexibility index (Phi) is 6.30. The number of aryl methyl sites for hydroxylation is 2. The number of hydrogen-bond donors (Lipinski definition) is 1. The summed E-state index contributed by atoms with van der Waals surface area (Å²) in [6, 6.07) is 15.1. The molecule has 3 heterocycles. The fraction of sp³-hybridized carbons (Fsp3) is 0.296. The first-order valence-electron chi connectivity index (χ1n) is 11.9. The Balaban J connectivity index is 1.29. The maximum absolute atomic E-state index is 13.3. The summed E-state index contributed by atoms with van der Waals surface area (Å²) in [6.45, 7) is 5.97. The zero-order chi connectivity index (χ0) is 24.5. The smallest absolute Gasteiger partial charge is 0.329 e. The average Bonchev–Trinajstić information content (AvgIpc) is 3.44. The molecule has 4 aromatic rings. The van der Waals surface area contributed by atoms with Gasteiger partial charge in [-0.3, -0.25) is 18.7 Å². The molecule has 0 fully saturated rings. The summed E-state index contributed by atoms with van der Waals surface area (Å²) < 4.78 is 3.37. The summed E-state index contributed by atoms with van der Waals surface area (Å²) >= 11 is 1.75. The Hall–Kier alpha value is -3.65. The third-order valence-corrected chi connectivity index (χ3v) is 7.76. The average molecular weight is 489 g/mol. The fourth-order valence-electron chi connectivity index (χ4n) is 4.82. The molecule has 1 aliphatic rings. The highest BCUT2D eigenvalue weighted by atomic mass is 32.1. The number of carbonyl (C=O) groups is 2. The van der Waals surface area contributed by atoms with Gasteiger partial charge in [-0.05, 0) is 67.1 Å². The summed E-state index contributed by atoms with van der Waals surface area (Å²) in [5.74, 6) is -0.215. The quantitative estimate of drug-likeness (QED) is 0.437. The molecule has 2 aromatic heterocycles. The minimum atomic E-state index is -0.196. The molecule has 0 saturated heterocycles. The Morgan fingerprint density at radius 3 is 2.57 bits per heavy atom. The lowest BCUT2D eigenvalue weighted by molar-refractivity contribution is -0.116. The number of nitrogens with one attached hydrogen (secondary N) is 1. The highest BCUT2D eigenvalue weighted by molar-refractivity contribution is 7.10. The molecule has 8 heteroatoms. The van der Waals surface area contributed by atoms with Crippen LogP contribution in [0.15, 0.2) is 58.7 Å². The van der Waals surface area contributed by atoms with E-state index in [1.807, 2.05) is 55.1 Å². The van der Waals surface area contributed by atoms with E-state index in [-0.39, 0.29) is 30.5 Å². The second-order valence-electron chi connectivity index (χ2n) is 8.79. The Morgan fingerprint density at radius 2 is 1.80 bits per heavy atom. The van der Waals surface area contributed by atoms with Gasteiger partial charge in [0.15, 0.2) is 0 Å². The summed E-state index contributed by atoms with van der Waals surface area (Å²) in [6.07, 6.45) is 1.03. The normalized spacial score (nSPS) is 13.1. The second-order valence-corrected chi connectivity index (χ2v) is 9.79. The first-order chi connectivity index (χ1) is 17.0. The highest BCUT2D eigenvalue weighted by Gasteiger charge is 2.24. The Bertz CT molecular complexity index is 1480. The van der Waals surface area contributed by atoms with E-state index >= 15 is 0 Å². The lowest BCUT2D eigenvalue weighted by Gasteiger charge is -2.28. The van der Waals surface area contributed by atoms with Crippen molar-refractivity contribution in [2.24, 2.45) is 0 Å². The van der Waals surface area contributed by atoms with Gasteiger partial charge in [-0.25, -0.2) is 4.79 Å². The molecule has 0 spiro atoms. The second kappa shape index (κ2) is 9.54. The number of amides is 2. The zero-order valence-corrected chi connectivity index (χ0v) is 20.7. The van der Waals surface area contributed by atoms with E-state index in [1.54, 1.807) is 26.5 Å². The van der Waals surface area contributed by atoms with Gasteiger partial charge >= 0.3 is 5.69 Å². The summed E-state index contributed by atoms with van der Waals surface area (Å²) in [7, 11) is 0. The van der Waals surface area contributed by atoms with Crippen LogP contribution < -0.4 is 11.0 Å². The number of anilines is 1. The Labute approximate surface area is 207 Å². The van der Waals surface area contributed by atoms with E-state index in [1.165, 1.54) is 10.4 Å². The number of aromatic nitrogens is 2. The van der Waals surface area contributed by atoms with E-state index < -0.39 is 0 Å². The number of carbonyl (C=O) groups excluding carboxylic acids is 2. The molecular formula is C27H28N4O3S. The van der Waals surface area contributed by atoms with E-state index in [0.29, 0.717) is 30.9 Å². The maximum Gasteiger partial charge on any atom is 0.329 e. The van der Waals surface area contributed by atoms with Crippen molar-refractivity contribution in [2.45, 2.75) is 46.3 Å². The van der Waals surface area contributed by atoms with Crippen LogP contribution in [0, 0.1) is 6.92 Å². The molecular weight excluding hydrogens is 460 g/mol. The van der Waals surface area contributed by atoms with Gasteiger partial charge in [-0.1, -0.05) is 18.2 Å². The first-order valence-corrected chi connectivity index (χ1v) is 12.8. The van der Waals surface area contributed by atoms with Crippen LogP contribution in [0.4, 0.5) is 5.69 Å². The molecule has 0 bridgehead atoms. The van der Waals surface area contributed by atoms with Crippen molar-refractivity contribution >= 4 is 39.9 Å². The van der Waals surface area contributed by atoms with Crippen LogP contribution in [0.1, 0.15) is 39.7 Å². The Morgan fingerprint density at radius 1 is 1.03 bits per heavy atom. The zero-order valence-electron chi connectivity index (χ0n) is 19.9. The largest absolute Gasteiger partial charge is 0.334 e. The number of fused-ring (bicyclic) bond motifs is 2. The van der Waals surface area contributed by atoms with Gasteiger partial charge in [-0.15, -0.1) is 11.3 Å². The molecule has 2 amide bonds. The van der Waals surface area contributed by atoms with Crippen LogP contribution >= 0.6 is 11.3 Å². The van der Waals surface area contributed by atoms with Crippen LogP contribution in [0.2, 0.25) is 0 Å². The van der Waals surface area contributed by atoms with Crippen LogP contribution in [0.25, 0.3) is 11.0 Å². The molecule has 7 nitrogen and oxygen atoms in total. The van der Waals surface area contributed by atoms with Crippen LogP contribution in [-0.2, 0) is 30.8 Å². The fourth-order valence-corrected chi connectivity index (χ4v) is 5.70. The number of para-hydroxylation sites is 2. The molecule has 5 rings (SSSR count). The van der Waals surface area contributed by atoms with Gasteiger partial charge in [0.05, 0.1) is 11.0 Å². The predicted molar refractivity (Wildman–Crippen MR) is 139 cm³/mol. The predicted octanol–water partition coefficient (Wildman–Crippen LogP) is 4.42. The maximum atomic E-state index is 13.3. The molecule has 0 radical (unpaired) electrons. The molecule has 0 saturated carbocycles. The van der Waals surface area contributed by atoms with Crippen LogP contribution in [-0.4, -0.2) is 32.4 Å². The van der Waals surface area contributed by atoms with Gasteiger partial charge in [0.2, 0.25) is 5.91 Å². The van der Waals surface area contributed by atoms with Crippen molar-refractivity contribution in [1.29, 1.82) is 0 Å². The number of hydrogen-bond acceptors (Lipinski definition) is 4. The van der Waals surface area contributed by atoms with Gasteiger partial charge in [0.1, 0.15) is 0 Å². The van der Waals surface area contributed by atoms with Gasteiger partial charge in [0.25, 0.3) is 5.91 Å². The third-order valence-electron chi connectivity index (χ3n) is 6.74. The molecule has 180 valence electrons. The van der Waals surface area contributed by atoms with E-state index in [0.717, 1.165) is 23.0 Å².